The van der Waals surface area contributed by atoms with E-state index < -0.39 is 0 Å². The number of morpholine rings is 1. The molecule has 27 heavy (non-hydrogen) atoms. The molecular weight excluding hydrogens is 334 g/mol. The molecule has 1 aromatic carbocycles. The quantitative estimate of drug-likeness (QED) is 0.687. The summed E-state index contributed by atoms with van der Waals surface area (Å²) < 4.78 is 5.43. The van der Waals surface area contributed by atoms with E-state index in [1.807, 2.05) is 6.20 Å². The summed E-state index contributed by atoms with van der Waals surface area (Å²) in [5.41, 5.74) is 6.81. The third kappa shape index (κ3) is 4.18. The molecule has 0 saturated carbocycles. The SMILES string of the molecule is CCc1ccc(-c2cc(C)c3cc(CCN4CCOCC4)ccc3n2)nc1. The van der Waals surface area contributed by atoms with E-state index in [0.29, 0.717) is 0 Å². The van der Waals surface area contributed by atoms with Gasteiger partial charge in [0.2, 0.25) is 0 Å². The van der Waals surface area contributed by atoms with Crippen LogP contribution in [-0.2, 0) is 17.6 Å². The van der Waals surface area contributed by atoms with Crippen molar-refractivity contribution in [1.82, 2.24) is 14.9 Å². The Labute approximate surface area is 161 Å². The van der Waals surface area contributed by atoms with Gasteiger partial charge in [0, 0.05) is 31.2 Å². The maximum atomic E-state index is 5.43. The Morgan fingerprint density at radius 3 is 2.56 bits per heavy atom. The summed E-state index contributed by atoms with van der Waals surface area (Å²) in [5.74, 6) is 0. The lowest BCUT2D eigenvalue weighted by Crippen LogP contribution is -2.37. The van der Waals surface area contributed by atoms with Crippen LogP contribution in [0.5, 0.6) is 0 Å². The van der Waals surface area contributed by atoms with Crippen molar-refractivity contribution < 1.29 is 4.74 Å². The fourth-order valence-corrected chi connectivity index (χ4v) is 3.63. The van der Waals surface area contributed by atoms with Crippen molar-refractivity contribution >= 4 is 10.9 Å². The molecule has 3 aromatic rings. The third-order valence-corrected chi connectivity index (χ3v) is 5.40. The van der Waals surface area contributed by atoms with Gasteiger partial charge in [-0.3, -0.25) is 9.88 Å². The third-order valence-electron chi connectivity index (χ3n) is 5.40. The molecule has 4 rings (SSSR count). The number of hydrogen-bond acceptors (Lipinski definition) is 4. The zero-order valence-corrected chi connectivity index (χ0v) is 16.2. The van der Waals surface area contributed by atoms with Gasteiger partial charge in [0.25, 0.3) is 0 Å². The summed E-state index contributed by atoms with van der Waals surface area (Å²) in [4.78, 5) is 11.9. The van der Waals surface area contributed by atoms with Gasteiger partial charge in [-0.25, -0.2) is 4.98 Å². The molecule has 0 aliphatic carbocycles. The molecule has 0 unspecified atom stereocenters. The van der Waals surface area contributed by atoms with Gasteiger partial charge < -0.3 is 4.74 Å². The minimum atomic E-state index is 0.858. The molecule has 1 aliphatic rings. The first kappa shape index (κ1) is 18.1. The number of hydrogen-bond donors (Lipinski definition) is 0. The van der Waals surface area contributed by atoms with E-state index in [1.54, 1.807) is 0 Å². The van der Waals surface area contributed by atoms with E-state index in [1.165, 1.54) is 22.1 Å². The molecule has 0 atom stereocenters. The van der Waals surface area contributed by atoms with Crippen LogP contribution in [0.15, 0.2) is 42.6 Å². The van der Waals surface area contributed by atoms with Crippen molar-refractivity contribution in [3.05, 3.63) is 59.3 Å². The van der Waals surface area contributed by atoms with Crippen LogP contribution in [0.4, 0.5) is 0 Å². The van der Waals surface area contributed by atoms with Gasteiger partial charge in [0.1, 0.15) is 0 Å². The highest BCUT2D eigenvalue weighted by molar-refractivity contribution is 5.85. The number of aromatic nitrogens is 2. The predicted octanol–water partition coefficient (Wildman–Crippen LogP) is 4.04. The predicted molar refractivity (Wildman–Crippen MR) is 110 cm³/mol. The van der Waals surface area contributed by atoms with Crippen LogP contribution < -0.4 is 0 Å². The van der Waals surface area contributed by atoms with E-state index in [9.17, 15) is 0 Å². The molecule has 0 spiro atoms. The second-order valence-electron chi connectivity index (χ2n) is 7.29. The van der Waals surface area contributed by atoms with Gasteiger partial charge in [-0.2, -0.15) is 0 Å². The van der Waals surface area contributed by atoms with Gasteiger partial charge in [-0.05, 0) is 60.7 Å². The van der Waals surface area contributed by atoms with Crippen LogP contribution in [0.3, 0.4) is 0 Å². The van der Waals surface area contributed by atoms with Crippen LogP contribution in [-0.4, -0.2) is 47.7 Å². The first-order valence-electron chi connectivity index (χ1n) is 9.88. The van der Waals surface area contributed by atoms with Crippen LogP contribution in [0.2, 0.25) is 0 Å². The van der Waals surface area contributed by atoms with Gasteiger partial charge >= 0.3 is 0 Å². The highest BCUT2D eigenvalue weighted by Crippen LogP contribution is 2.24. The zero-order chi connectivity index (χ0) is 18.6. The lowest BCUT2D eigenvalue weighted by molar-refractivity contribution is 0.0384. The Balaban J connectivity index is 1.56. The average Bonchev–Trinajstić information content (AvgIpc) is 2.73. The Bertz CT molecular complexity index is 915. The van der Waals surface area contributed by atoms with Crippen molar-refractivity contribution in [2.75, 3.05) is 32.8 Å². The summed E-state index contributed by atoms with van der Waals surface area (Å²) in [5, 5.41) is 1.24. The van der Waals surface area contributed by atoms with Crippen molar-refractivity contribution in [3.63, 3.8) is 0 Å². The fourth-order valence-electron chi connectivity index (χ4n) is 3.63. The van der Waals surface area contributed by atoms with E-state index >= 15 is 0 Å². The molecule has 140 valence electrons. The van der Waals surface area contributed by atoms with Gasteiger partial charge in [0.05, 0.1) is 30.1 Å². The second-order valence-corrected chi connectivity index (χ2v) is 7.29. The molecule has 0 N–H and O–H groups in total. The topological polar surface area (TPSA) is 38.2 Å². The van der Waals surface area contributed by atoms with Crippen LogP contribution in [0.1, 0.15) is 23.6 Å². The maximum absolute atomic E-state index is 5.43. The Morgan fingerprint density at radius 1 is 1.00 bits per heavy atom. The number of aryl methyl sites for hydroxylation is 2. The monoisotopic (exact) mass is 361 g/mol. The highest BCUT2D eigenvalue weighted by atomic mass is 16.5. The number of ether oxygens (including phenoxy) is 1. The first-order valence-corrected chi connectivity index (χ1v) is 9.88. The maximum Gasteiger partial charge on any atom is 0.0896 e. The van der Waals surface area contributed by atoms with Gasteiger partial charge in [-0.1, -0.05) is 19.1 Å². The van der Waals surface area contributed by atoms with Crippen LogP contribution in [0, 0.1) is 6.92 Å². The zero-order valence-electron chi connectivity index (χ0n) is 16.2. The normalized spacial score (nSPS) is 15.3. The summed E-state index contributed by atoms with van der Waals surface area (Å²) in [6, 6.07) is 13.0. The molecule has 0 radical (unpaired) electrons. The molecule has 3 heterocycles. The number of benzene rings is 1. The number of fused-ring (bicyclic) bond motifs is 1. The largest absolute Gasteiger partial charge is 0.379 e. The summed E-state index contributed by atoms with van der Waals surface area (Å²) in [6.45, 7) is 9.20. The molecular formula is C23H27N3O. The Kier molecular flexibility index (Phi) is 5.46. The minimum Gasteiger partial charge on any atom is -0.379 e. The number of nitrogens with zero attached hydrogens (tertiary/aromatic N) is 3. The molecule has 0 amide bonds. The van der Waals surface area contributed by atoms with E-state index in [-0.39, 0.29) is 0 Å². The van der Waals surface area contributed by atoms with Gasteiger partial charge in [0.15, 0.2) is 0 Å². The lowest BCUT2D eigenvalue weighted by atomic mass is 10.0. The summed E-state index contributed by atoms with van der Waals surface area (Å²) in [7, 11) is 0. The molecule has 4 heteroatoms. The summed E-state index contributed by atoms with van der Waals surface area (Å²) >= 11 is 0. The molecule has 4 nitrogen and oxygen atoms in total. The summed E-state index contributed by atoms with van der Waals surface area (Å²) in [6.07, 6.45) is 4.02. The van der Waals surface area contributed by atoms with Gasteiger partial charge in [-0.15, -0.1) is 0 Å². The molecule has 1 aliphatic heterocycles. The van der Waals surface area contributed by atoms with E-state index in [0.717, 1.165) is 62.6 Å². The fraction of sp³-hybridized carbons (Fsp3) is 0.391. The second kappa shape index (κ2) is 8.15. The van der Waals surface area contributed by atoms with E-state index in [4.69, 9.17) is 9.72 Å². The average molecular weight is 361 g/mol. The van der Waals surface area contributed by atoms with Crippen molar-refractivity contribution in [2.24, 2.45) is 0 Å². The number of rotatable bonds is 5. The van der Waals surface area contributed by atoms with E-state index in [2.05, 4.69) is 60.1 Å². The van der Waals surface area contributed by atoms with Crippen molar-refractivity contribution in [3.8, 4) is 11.4 Å². The van der Waals surface area contributed by atoms with Crippen LogP contribution >= 0.6 is 0 Å². The molecule has 1 fully saturated rings. The molecule has 0 bridgehead atoms. The standard InChI is InChI=1S/C23H27N3O/c1-3-18-4-7-22(24-16-18)23-14-17(2)20-15-19(5-6-21(20)25-23)8-9-26-10-12-27-13-11-26/h4-7,14-16H,3,8-13H2,1-2H3. The molecule has 1 saturated heterocycles. The Morgan fingerprint density at radius 2 is 1.81 bits per heavy atom. The number of pyridine rings is 2. The Hall–Kier alpha value is -2.30. The first-order chi connectivity index (χ1) is 13.2. The minimum absolute atomic E-state index is 0.858. The lowest BCUT2D eigenvalue weighted by Gasteiger charge is -2.26. The smallest absolute Gasteiger partial charge is 0.0896 e. The van der Waals surface area contributed by atoms with Crippen molar-refractivity contribution in [1.29, 1.82) is 0 Å². The van der Waals surface area contributed by atoms with Crippen LogP contribution in [0.25, 0.3) is 22.3 Å². The highest BCUT2D eigenvalue weighted by Gasteiger charge is 2.11. The molecule has 2 aromatic heterocycles. The van der Waals surface area contributed by atoms with Crippen molar-refractivity contribution in [2.45, 2.75) is 26.7 Å².